The molecule has 0 saturated heterocycles. The molecule has 3 heteroatoms. The summed E-state index contributed by atoms with van der Waals surface area (Å²) >= 11 is 0. The van der Waals surface area contributed by atoms with Crippen molar-refractivity contribution in [3.05, 3.63) is 48.8 Å². The molecule has 2 N–H and O–H groups in total. The Bertz CT molecular complexity index is 295. The second-order valence-electron chi connectivity index (χ2n) is 2.12. The normalized spacial score (nSPS) is 10.2. The lowest BCUT2D eigenvalue weighted by Gasteiger charge is -1.97. The number of hydrogen-bond acceptors (Lipinski definition) is 1. The summed E-state index contributed by atoms with van der Waals surface area (Å²) in [6.07, 6.45) is 0. The molecule has 0 saturated carbocycles. The largest absolute Gasteiger partial charge is 0.384 e. The molecule has 0 aliphatic carbocycles. The van der Waals surface area contributed by atoms with Gasteiger partial charge < -0.3 is 5.73 Å². The zero-order valence-electron chi connectivity index (χ0n) is 7.63. The van der Waals surface area contributed by atoms with Crippen molar-refractivity contribution >= 4 is 5.84 Å². The van der Waals surface area contributed by atoms with E-state index in [1.54, 1.807) is 19.2 Å². The van der Waals surface area contributed by atoms with Crippen molar-refractivity contribution in [1.82, 2.24) is 0 Å². The van der Waals surface area contributed by atoms with E-state index in [2.05, 4.69) is 18.2 Å². The summed E-state index contributed by atoms with van der Waals surface area (Å²) < 4.78 is 12.6. The van der Waals surface area contributed by atoms with Gasteiger partial charge in [-0.15, -0.1) is 13.2 Å². The molecule has 0 bridgehead atoms. The maximum atomic E-state index is 12.6. The molecule has 13 heavy (non-hydrogen) atoms. The lowest BCUT2D eigenvalue weighted by atomic mass is 10.2. The summed E-state index contributed by atoms with van der Waals surface area (Å²) in [5, 5.41) is 0. The minimum Gasteiger partial charge on any atom is -0.384 e. The molecule has 1 rings (SSSR count). The number of nitrogens with zero attached hydrogens (tertiary/aromatic N) is 1. The van der Waals surface area contributed by atoms with E-state index in [1.165, 1.54) is 12.1 Å². The van der Waals surface area contributed by atoms with Gasteiger partial charge in [-0.1, -0.05) is 12.1 Å². The first-order chi connectivity index (χ1) is 6.24. The Hall–Kier alpha value is -1.64. The van der Waals surface area contributed by atoms with Gasteiger partial charge in [-0.25, -0.2) is 4.39 Å². The fourth-order valence-electron chi connectivity index (χ4n) is 0.777. The molecule has 0 radical (unpaired) electrons. The molecular formula is C10H13FN2. The number of halogens is 1. The highest BCUT2D eigenvalue weighted by molar-refractivity contribution is 5.97. The highest BCUT2D eigenvalue weighted by Crippen LogP contribution is 2.02. The summed E-state index contributed by atoms with van der Waals surface area (Å²) in [7, 11) is 1.57. The molecule has 0 aliphatic rings. The maximum absolute atomic E-state index is 12.6. The standard InChI is InChI=1S/C8H9FN2.C2H4/c1-11-8(10)6-3-2-4-7(9)5-6;1-2/h2-5H,1H3,(H2,10,11);1-2H2. The molecule has 0 heterocycles. The molecule has 0 unspecified atom stereocenters. The van der Waals surface area contributed by atoms with Crippen LogP contribution in [0, 0.1) is 5.82 Å². The fraction of sp³-hybridized carbons (Fsp3) is 0.100. The zero-order chi connectivity index (χ0) is 10.3. The van der Waals surface area contributed by atoms with Crippen molar-refractivity contribution in [2.45, 2.75) is 0 Å². The van der Waals surface area contributed by atoms with Crippen molar-refractivity contribution < 1.29 is 4.39 Å². The Morgan fingerprint density at radius 1 is 1.46 bits per heavy atom. The molecule has 0 spiro atoms. The van der Waals surface area contributed by atoms with Crippen LogP contribution in [0.2, 0.25) is 0 Å². The smallest absolute Gasteiger partial charge is 0.125 e. The molecule has 70 valence electrons. The number of amidine groups is 1. The Labute approximate surface area is 77.6 Å². The van der Waals surface area contributed by atoms with Crippen molar-refractivity contribution in [3.8, 4) is 0 Å². The third-order valence-corrected chi connectivity index (χ3v) is 1.36. The summed E-state index contributed by atoms with van der Waals surface area (Å²) in [6, 6.07) is 6.03. The zero-order valence-corrected chi connectivity index (χ0v) is 7.63. The first kappa shape index (κ1) is 11.4. The van der Waals surface area contributed by atoms with Crippen LogP contribution in [0.3, 0.4) is 0 Å². The third kappa shape index (κ3) is 3.51. The van der Waals surface area contributed by atoms with Crippen molar-refractivity contribution in [3.63, 3.8) is 0 Å². The molecule has 1 aromatic rings. The SMILES string of the molecule is C=C.CN=C(N)c1cccc(F)c1. The van der Waals surface area contributed by atoms with Crippen LogP contribution in [-0.4, -0.2) is 12.9 Å². The Kier molecular flexibility index (Phi) is 5.19. The number of aliphatic imine (C=N–C) groups is 1. The number of nitrogens with two attached hydrogens (primary N) is 1. The van der Waals surface area contributed by atoms with Gasteiger partial charge in [0.05, 0.1) is 0 Å². The molecule has 1 aromatic carbocycles. The van der Waals surface area contributed by atoms with Crippen LogP contribution in [0.1, 0.15) is 5.56 Å². The van der Waals surface area contributed by atoms with Gasteiger partial charge in [-0.3, -0.25) is 4.99 Å². The average Bonchev–Trinajstić information content (AvgIpc) is 2.20. The first-order valence-corrected chi connectivity index (χ1v) is 3.72. The van der Waals surface area contributed by atoms with Crippen LogP contribution < -0.4 is 5.73 Å². The molecule has 0 amide bonds. The lowest BCUT2D eigenvalue weighted by molar-refractivity contribution is 0.627. The van der Waals surface area contributed by atoms with Gasteiger partial charge in [-0.2, -0.15) is 0 Å². The molecule has 0 aromatic heterocycles. The van der Waals surface area contributed by atoms with E-state index in [0.29, 0.717) is 11.4 Å². The molecule has 0 aliphatic heterocycles. The maximum Gasteiger partial charge on any atom is 0.125 e. The Balaban J connectivity index is 0.000000671. The Morgan fingerprint density at radius 2 is 2.08 bits per heavy atom. The average molecular weight is 180 g/mol. The van der Waals surface area contributed by atoms with Crippen molar-refractivity contribution in [2.24, 2.45) is 10.7 Å². The van der Waals surface area contributed by atoms with Crippen molar-refractivity contribution in [1.29, 1.82) is 0 Å². The predicted molar refractivity (Wildman–Crippen MR) is 54.3 cm³/mol. The van der Waals surface area contributed by atoms with E-state index in [4.69, 9.17) is 5.73 Å². The highest BCUT2D eigenvalue weighted by Gasteiger charge is 1.96. The fourth-order valence-corrected chi connectivity index (χ4v) is 0.777. The molecular weight excluding hydrogens is 167 g/mol. The van der Waals surface area contributed by atoms with Crippen LogP contribution in [0.5, 0.6) is 0 Å². The quantitative estimate of drug-likeness (QED) is 0.400. The predicted octanol–water partition coefficient (Wildman–Crippen LogP) is 1.96. The monoisotopic (exact) mass is 180 g/mol. The van der Waals surface area contributed by atoms with Gasteiger partial charge in [0, 0.05) is 12.6 Å². The van der Waals surface area contributed by atoms with Crippen molar-refractivity contribution in [2.75, 3.05) is 7.05 Å². The minimum atomic E-state index is -0.297. The minimum absolute atomic E-state index is 0.297. The van der Waals surface area contributed by atoms with E-state index in [1.807, 2.05) is 0 Å². The van der Waals surface area contributed by atoms with E-state index in [-0.39, 0.29) is 5.82 Å². The number of benzene rings is 1. The van der Waals surface area contributed by atoms with Crippen LogP contribution in [-0.2, 0) is 0 Å². The summed E-state index contributed by atoms with van der Waals surface area (Å²) in [4.78, 5) is 3.73. The van der Waals surface area contributed by atoms with Gasteiger partial charge >= 0.3 is 0 Å². The van der Waals surface area contributed by atoms with Gasteiger partial charge in [0.15, 0.2) is 0 Å². The summed E-state index contributed by atoms with van der Waals surface area (Å²) in [6.45, 7) is 6.00. The van der Waals surface area contributed by atoms with Gasteiger partial charge in [-0.05, 0) is 12.1 Å². The third-order valence-electron chi connectivity index (χ3n) is 1.36. The molecule has 0 atom stereocenters. The van der Waals surface area contributed by atoms with Gasteiger partial charge in [0.1, 0.15) is 11.7 Å². The molecule has 0 fully saturated rings. The summed E-state index contributed by atoms with van der Waals surface area (Å²) in [5.74, 6) is 0.0543. The van der Waals surface area contributed by atoms with E-state index < -0.39 is 0 Å². The van der Waals surface area contributed by atoms with Crippen LogP contribution in [0.15, 0.2) is 42.4 Å². The Morgan fingerprint density at radius 3 is 2.54 bits per heavy atom. The van der Waals surface area contributed by atoms with Crippen LogP contribution >= 0.6 is 0 Å². The lowest BCUT2D eigenvalue weighted by Crippen LogP contribution is -2.12. The van der Waals surface area contributed by atoms with Crippen LogP contribution in [0.4, 0.5) is 4.39 Å². The highest BCUT2D eigenvalue weighted by atomic mass is 19.1. The topological polar surface area (TPSA) is 38.4 Å². The van der Waals surface area contributed by atoms with Gasteiger partial charge in [0.2, 0.25) is 0 Å². The van der Waals surface area contributed by atoms with E-state index in [9.17, 15) is 4.39 Å². The van der Waals surface area contributed by atoms with Crippen LogP contribution in [0.25, 0.3) is 0 Å². The van der Waals surface area contributed by atoms with E-state index >= 15 is 0 Å². The summed E-state index contributed by atoms with van der Waals surface area (Å²) in [5.41, 5.74) is 6.06. The number of hydrogen-bond donors (Lipinski definition) is 1. The number of rotatable bonds is 1. The first-order valence-electron chi connectivity index (χ1n) is 3.72. The van der Waals surface area contributed by atoms with Gasteiger partial charge in [0.25, 0.3) is 0 Å². The second-order valence-corrected chi connectivity index (χ2v) is 2.12. The van der Waals surface area contributed by atoms with E-state index in [0.717, 1.165) is 0 Å². The second kappa shape index (κ2) is 5.94. The molecule has 2 nitrogen and oxygen atoms in total.